The third-order valence-electron chi connectivity index (χ3n) is 3.62. The lowest BCUT2D eigenvalue weighted by atomic mass is 9.83. The smallest absolute Gasteiger partial charge is 0.264 e. The van der Waals surface area contributed by atoms with E-state index in [2.05, 4.69) is 27.7 Å². The SMILES string of the molecule is CCCCCCCC(CC(C)(C)CC)OS(=O)(=O)O. The Balaban J connectivity index is 4.27. The van der Waals surface area contributed by atoms with E-state index in [1.165, 1.54) is 19.3 Å². The van der Waals surface area contributed by atoms with Gasteiger partial charge in [0.2, 0.25) is 0 Å². The van der Waals surface area contributed by atoms with E-state index < -0.39 is 16.5 Å². The molecule has 0 aromatic heterocycles. The Morgan fingerprint density at radius 1 is 1.11 bits per heavy atom. The predicted octanol–water partition coefficient (Wildman–Crippen LogP) is 4.36. The van der Waals surface area contributed by atoms with Crippen molar-refractivity contribution in [3.05, 3.63) is 0 Å². The molecule has 19 heavy (non-hydrogen) atoms. The normalized spacial score (nSPS) is 14.6. The summed E-state index contributed by atoms with van der Waals surface area (Å²) in [5.74, 6) is 0. The Hall–Kier alpha value is -0.130. The van der Waals surface area contributed by atoms with Gasteiger partial charge in [-0.1, -0.05) is 66.2 Å². The van der Waals surface area contributed by atoms with E-state index >= 15 is 0 Å². The molecule has 0 aliphatic rings. The van der Waals surface area contributed by atoms with E-state index in [0.717, 1.165) is 19.3 Å². The lowest BCUT2D eigenvalue weighted by Gasteiger charge is -2.27. The second-order valence-corrected chi connectivity index (χ2v) is 7.12. The molecule has 1 atom stereocenters. The fourth-order valence-corrected chi connectivity index (χ4v) is 2.60. The molecule has 0 heterocycles. The topological polar surface area (TPSA) is 63.6 Å². The molecule has 0 aliphatic carbocycles. The van der Waals surface area contributed by atoms with E-state index in [1.54, 1.807) is 0 Å². The van der Waals surface area contributed by atoms with Crippen molar-refractivity contribution in [2.24, 2.45) is 5.41 Å². The van der Waals surface area contributed by atoms with E-state index in [0.29, 0.717) is 12.8 Å². The summed E-state index contributed by atoms with van der Waals surface area (Å²) in [4.78, 5) is 0. The molecule has 0 radical (unpaired) electrons. The maximum Gasteiger partial charge on any atom is 0.397 e. The van der Waals surface area contributed by atoms with Crippen LogP contribution < -0.4 is 0 Å². The molecule has 0 aromatic rings. The van der Waals surface area contributed by atoms with Crippen molar-refractivity contribution in [1.29, 1.82) is 0 Å². The van der Waals surface area contributed by atoms with E-state index in [-0.39, 0.29) is 5.41 Å². The summed E-state index contributed by atoms with van der Waals surface area (Å²) in [7, 11) is -4.35. The Morgan fingerprint density at radius 3 is 2.16 bits per heavy atom. The van der Waals surface area contributed by atoms with Gasteiger partial charge in [-0.3, -0.25) is 4.55 Å². The first-order chi connectivity index (χ1) is 8.70. The van der Waals surface area contributed by atoms with Crippen LogP contribution in [0, 0.1) is 5.41 Å². The minimum atomic E-state index is -4.35. The van der Waals surface area contributed by atoms with Crippen LogP contribution in [0.2, 0.25) is 0 Å². The van der Waals surface area contributed by atoms with Gasteiger partial charge in [-0.15, -0.1) is 0 Å². The lowest BCUT2D eigenvalue weighted by molar-refractivity contribution is 0.114. The predicted molar refractivity (Wildman–Crippen MR) is 78.5 cm³/mol. The van der Waals surface area contributed by atoms with Crippen LogP contribution in [0.1, 0.15) is 79.1 Å². The van der Waals surface area contributed by atoms with Gasteiger partial charge in [0, 0.05) is 0 Å². The van der Waals surface area contributed by atoms with Crippen LogP contribution in [-0.2, 0) is 14.6 Å². The molecule has 4 nitrogen and oxygen atoms in total. The number of hydrogen-bond acceptors (Lipinski definition) is 3. The molecule has 0 bridgehead atoms. The molecule has 0 rings (SSSR count). The van der Waals surface area contributed by atoms with Gasteiger partial charge in [-0.25, -0.2) is 4.18 Å². The lowest BCUT2D eigenvalue weighted by Crippen LogP contribution is -2.25. The molecule has 5 heteroatoms. The Kier molecular flexibility index (Phi) is 8.86. The Morgan fingerprint density at radius 2 is 1.68 bits per heavy atom. The molecule has 0 spiro atoms. The molecule has 0 amide bonds. The van der Waals surface area contributed by atoms with Crippen molar-refractivity contribution in [1.82, 2.24) is 0 Å². The monoisotopic (exact) mass is 294 g/mol. The standard InChI is InChI=1S/C14H30O4S/c1-5-7-8-9-10-11-13(18-19(15,16)17)12-14(3,4)6-2/h13H,5-12H2,1-4H3,(H,15,16,17). The van der Waals surface area contributed by atoms with Crippen molar-refractivity contribution in [2.45, 2.75) is 85.2 Å². The molecular weight excluding hydrogens is 264 g/mol. The summed E-state index contributed by atoms with van der Waals surface area (Å²) in [5, 5.41) is 0. The molecule has 0 aromatic carbocycles. The summed E-state index contributed by atoms with van der Waals surface area (Å²) < 4.78 is 35.4. The highest BCUT2D eigenvalue weighted by Crippen LogP contribution is 2.30. The average Bonchev–Trinajstić information content (AvgIpc) is 2.26. The third kappa shape index (κ3) is 11.4. The molecule has 0 saturated heterocycles. The molecule has 0 aliphatic heterocycles. The summed E-state index contributed by atoms with van der Waals surface area (Å²) in [5.41, 5.74) is 0.0266. The minimum Gasteiger partial charge on any atom is -0.264 e. The summed E-state index contributed by atoms with van der Waals surface area (Å²) in [6, 6.07) is 0. The number of rotatable bonds is 11. The van der Waals surface area contributed by atoms with Crippen molar-refractivity contribution < 1.29 is 17.2 Å². The zero-order valence-corrected chi connectivity index (χ0v) is 13.6. The summed E-state index contributed by atoms with van der Waals surface area (Å²) in [6.45, 7) is 8.41. The molecule has 0 fully saturated rings. The third-order valence-corrected chi connectivity index (χ3v) is 4.14. The molecule has 1 N–H and O–H groups in total. The second kappa shape index (κ2) is 8.93. The Labute approximate surface area is 118 Å². The first kappa shape index (κ1) is 18.9. The van der Waals surface area contributed by atoms with Crippen molar-refractivity contribution in [3.8, 4) is 0 Å². The minimum absolute atomic E-state index is 0.0266. The van der Waals surface area contributed by atoms with Gasteiger partial charge in [-0.2, -0.15) is 8.42 Å². The van der Waals surface area contributed by atoms with Crippen LogP contribution in [0.4, 0.5) is 0 Å². The molecule has 1 unspecified atom stereocenters. The zero-order chi connectivity index (χ0) is 14.9. The van der Waals surface area contributed by atoms with Crippen LogP contribution in [0.15, 0.2) is 0 Å². The highest BCUT2D eigenvalue weighted by atomic mass is 32.3. The van der Waals surface area contributed by atoms with Crippen molar-refractivity contribution in [3.63, 3.8) is 0 Å². The molecule has 116 valence electrons. The van der Waals surface area contributed by atoms with E-state index in [1.807, 2.05) is 0 Å². The number of hydrogen-bond donors (Lipinski definition) is 1. The highest BCUT2D eigenvalue weighted by molar-refractivity contribution is 7.80. The first-order valence-corrected chi connectivity index (χ1v) is 8.72. The van der Waals surface area contributed by atoms with Gasteiger partial charge in [0.1, 0.15) is 0 Å². The molecule has 0 saturated carbocycles. The van der Waals surface area contributed by atoms with E-state index in [4.69, 9.17) is 8.74 Å². The van der Waals surface area contributed by atoms with E-state index in [9.17, 15) is 8.42 Å². The molecular formula is C14H30O4S. The van der Waals surface area contributed by atoms with Crippen molar-refractivity contribution >= 4 is 10.4 Å². The average molecular weight is 294 g/mol. The summed E-state index contributed by atoms with van der Waals surface area (Å²) in [6.07, 6.45) is 7.49. The van der Waals surface area contributed by atoms with Crippen LogP contribution >= 0.6 is 0 Å². The van der Waals surface area contributed by atoms with Crippen LogP contribution in [-0.4, -0.2) is 19.1 Å². The number of unbranched alkanes of at least 4 members (excludes halogenated alkanes) is 4. The fraction of sp³-hybridized carbons (Fsp3) is 1.00. The largest absolute Gasteiger partial charge is 0.397 e. The van der Waals surface area contributed by atoms with Gasteiger partial charge >= 0.3 is 10.4 Å². The fourth-order valence-electron chi connectivity index (χ4n) is 2.09. The summed E-state index contributed by atoms with van der Waals surface area (Å²) >= 11 is 0. The van der Waals surface area contributed by atoms with Crippen LogP contribution in [0.3, 0.4) is 0 Å². The van der Waals surface area contributed by atoms with Crippen LogP contribution in [0.25, 0.3) is 0 Å². The van der Waals surface area contributed by atoms with Crippen LogP contribution in [0.5, 0.6) is 0 Å². The van der Waals surface area contributed by atoms with Gasteiger partial charge in [0.25, 0.3) is 0 Å². The van der Waals surface area contributed by atoms with Gasteiger partial charge < -0.3 is 0 Å². The quantitative estimate of drug-likeness (QED) is 0.454. The van der Waals surface area contributed by atoms with Gasteiger partial charge in [0.05, 0.1) is 6.10 Å². The zero-order valence-electron chi connectivity index (χ0n) is 12.8. The second-order valence-electron chi connectivity index (χ2n) is 6.07. The highest BCUT2D eigenvalue weighted by Gasteiger charge is 2.25. The Bertz CT molecular complexity index is 322. The van der Waals surface area contributed by atoms with Crippen molar-refractivity contribution in [2.75, 3.05) is 0 Å². The maximum absolute atomic E-state index is 10.9. The first-order valence-electron chi connectivity index (χ1n) is 7.36. The maximum atomic E-state index is 10.9. The van der Waals surface area contributed by atoms with Gasteiger partial charge in [0.15, 0.2) is 0 Å². The van der Waals surface area contributed by atoms with Gasteiger partial charge in [-0.05, 0) is 18.3 Å².